The molecule has 0 radical (unpaired) electrons. The van der Waals surface area contributed by atoms with Gasteiger partial charge in [-0.25, -0.2) is 9.97 Å². The molecule has 0 saturated heterocycles. The maximum absolute atomic E-state index is 6.09. The van der Waals surface area contributed by atoms with Crippen LogP contribution >= 0.6 is 11.6 Å². The van der Waals surface area contributed by atoms with Crippen LogP contribution in [0, 0.1) is 6.92 Å². The third-order valence-corrected chi connectivity index (χ3v) is 4.17. The molecule has 24 heavy (non-hydrogen) atoms. The van der Waals surface area contributed by atoms with Crippen molar-refractivity contribution >= 4 is 11.6 Å². The summed E-state index contributed by atoms with van der Waals surface area (Å²) in [7, 11) is 0. The first-order chi connectivity index (χ1) is 11.6. The Morgan fingerprint density at radius 2 is 1.67 bits per heavy atom. The first-order valence-corrected chi connectivity index (χ1v) is 8.70. The minimum atomic E-state index is 0.700. The van der Waals surface area contributed by atoms with E-state index in [1.165, 1.54) is 17.5 Å². The van der Waals surface area contributed by atoms with Crippen LogP contribution in [-0.2, 0) is 12.8 Å². The van der Waals surface area contributed by atoms with E-state index >= 15 is 0 Å². The molecule has 0 fully saturated rings. The maximum Gasteiger partial charge on any atom is 0.159 e. The standard InChI is InChI=1S/C21H21ClN2/c1-3-5-16-8-10-17(11-9-16)13-20-12-15(2)23-21(24-20)18-6-4-7-19(22)14-18/h4,6-12,14H,3,5,13H2,1-2H3. The molecule has 3 aromatic rings. The molecule has 2 nitrogen and oxygen atoms in total. The van der Waals surface area contributed by atoms with Gasteiger partial charge in [0.2, 0.25) is 0 Å². The number of nitrogens with zero attached hydrogens (tertiary/aromatic N) is 2. The van der Waals surface area contributed by atoms with Gasteiger partial charge >= 0.3 is 0 Å². The van der Waals surface area contributed by atoms with Gasteiger partial charge in [-0.3, -0.25) is 0 Å². The summed E-state index contributed by atoms with van der Waals surface area (Å²) in [5.74, 6) is 0.732. The molecule has 1 aromatic heterocycles. The summed E-state index contributed by atoms with van der Waals surface area (Å²) in [6.45, 7) is 4.21. The topological polar surface area (TPSA) is 25.8 Å². The summed E-state index contributed by atoms with van der Waals surface area (Å²) in [6.07, 6.45) is 3.11. The molecule has 0 aliphatic carbocycles. The van der Waals surface area contributed by atoms with Gasteiger partial charge in [0, 0.05) is 28.4 Å². The number of aryl methyl sites for hydroxylation is 2. The van der Waals surface area contributed by atoms with E-state index in [4.69, 9.17) is 16.6 Å². The average Bonchev–Trinajstić information content (AvgIpc) is 2.56. The first-order valence-electron chi connectivity index (χ1n) is 8.32. The van der Waals surface area contributed by atoms with E-state index in [1.54, 1.807) is 0 Å². The van der Waals surface area contributed by atoms with E-state index in [-0.39, 0.29) is 0 Å². The van der Waals surface area contributed by atoms with Gasteiger partial charge in [0.1, 0.15) is 0 Å². The van der Waals surface area contributed by atoms with Crippen LogP contribution in [-0.4, -0.2) is 9.97 Å². The lowest BCUT2D eigenvalue weighted by molar-refractivity contribution is 0.919. The molecule has 0 saturated carbocycles. The molecule has 0 aliphatic rings. The molecule has 0 bridgehead atoms. The number of benzene rings is 2. The quantitative estimate of drug-likeness (QED) is 0.601. The Labute approximate surface area is 148 Å². The zero-order chi connectivity index (χ0) is 16.9. The lowest BCUT2D eigenvalue weighted by Crippen LogP contribution is -1.99. The summed E-state index contributed by atoms with van der Waals surface area (Å²) in [5, 5.41) is 0.700. The third kappa shape index (κ3) is 4.21. The van der Waals surface area contributed by atoms with Crippen LogP contribution < -0.4 is 0 Å². The van der Waals surface area contributed by atoms with Crippen LogP contribution in [0.5, 0.6) is 0 Å². The molecule has 0 atom stereocenters. The normalized spacial score (nSPS) is 10.8. The molecule has 1 heterocycles. The van der Waals surface area contributed by atoms with E-state index < -0.39 is 0 Å². The van der Waals surface area contributed by atoms with Gasteiger partial charge in [-0.1, -0.05) is 61.3 Å². The van der Waals surface area contributed by atoms with Crippen LogP contribution in [0.1, 0.15) is 35.9 Å². The van der Waals surface area contributed by atoms with Crippen molar-refractivity contribution < 1.29 is 0 Å². The van der Waals surface area contributed by atoms with Crippen molar-refractivity contribution in [2.24, 2.45) is 0 Å². The number of rotatable bonds is 5. The van der Waals surface area contributed by atoms with Crippen molar-refractivity contribution in [2.45, 2.75) is 33.1 Å². The second kappa shape index (κ2) is 7.59. The fraction of sp³-hybridized carbons (Fsp3) is 0.238. The van der Waals surface area contributed by atoms with Gasteiger partial charge in [-0.15, -0.1) is 0 Å². The van der Waals surface area contributed by atoms with Crippen molar-refractivity contribution in [1.29, 1.82) is 0 Å². The van der Waals surface area contributed by atoms with Crippen LogP contribution in [0.15, 0.2) is 54.6 Å². The Balaban J connectivity index is 1.86. The molecule has 0 amide bonds. The van der Waals surface area contributed by atoms with Gasteiger partial charge in [-0.05, 0) is 42.7 Å². The smallest absolute Gasteiger partial charge is 0.159 e. The average molecular weight is 337 g/mol. The van der Waals surface area contributed by atoms with Crippen molar-refractivity contribution in [3.05, 3.63) is 82.1 Å². The Morgan fingerprint density at radius 3 is 2.38 bits per heavy atom. The van der Waals surface area contributed by atoms with E-state index in [0.717, 1.165) is 35.6 Å². The number of hydrogen-bond donors (Lipinski definition) is 0. The Morgan fingerprint density at radius 1 is 0.917 bits per heavy atom. The summed E-state index contributed by atoms with van der Waals surface area (Å²) in [6, 6.07) is 18.5. The fourth-order valence-corrected chi connectivity index (χ4v) is 2.99. The van der Waals surface area contributed by atoms with Crippen LogP contribution in [0.3, 0.4) is 0 Å². The summed E-state index contributed by atoms with van der Waals surface area (Å²) in [5.41, 5.74) is 5.61. The van der Waals surface area contributed by atoms with Crippen molar-refractivity contribution in [3.8, 4) is 11.4 Å². The van der Waals surface area contributed by atoms with Crippen molar-refractivity contribution in [2.75, 3.05) is 0 Å². The summed E-state index contributed by atoms with van der Waals surface area (Å²) < 4.78 is 0. The molecule has 0 N–H and O–H groups in total. The van der Waals surface area contributed by atoms with Crippen LogP contribution in [0.25, 0.3) is 11.4 Å². The lowest BCUT2D eigenvalue weighted by Gasteiger charge is -2.08. The highest BCUT2D eigenvalue weighted by Crippen LogP contribution is 2.21. The zero-order valence-corrected chi connectivity index (χ0v) is 14.8. The SMILES string of the molecule is CCCc1ccc(Cc2cc(C)nc(-c3cccc(Cl)c3)n2)cc1. The Hall–Kier alpha value is -2.19. The molecular formula is C21H21ClN2. The van der Waals surface area contributed by atoms with E-state index in [1.807, 2.05) is 37.3 Å². The van der Waals surface area contributed by atoms with E-state index in [2.05, 4.69) is 36.2 Å². The van der Waals surface area contributed by atoms with Crippen molar-refractivity contribution in [3.63, 3.8) is 0 Å². The molecule has 3 rings (SSSR count). The molecule has 0 spiro atoms. The molecular weight excluding hydrogens is 316 g/mol. The summed E-state index contributed by atoms with van der Waals surface area (Å²) >= 11 is 6.09. The van der Waals surface area contributed by atoms with Gasteiger partial charge in [-0.2, -0.15) is 0 Å². The zero-order valence-electron chi connectivity index (χ0n) is 14.1. The monoisotopic (exact) mass is 336 g/mol. The van der Waals surface area contributed by atoms with E-state index in [0.29, 0.717) is 5.02 Å². The highest BCUT2D eigenvalue weighted by atomic mass is 35.5. The highest BCUT2D eigenvalue weighted by molar-refractivity contribution is 6.30. The number of aromatic nitrogens is 2. The van der Waals surface area contributed by atoms with E-state index in [9.17, 15) is 0 Å². The van der Waals surface area contributed by atoms with Gasteiger partial charge in [0.05, 0.1) is 0 Å². The molecule has 0 unspecified atom stereocenters. The second-order valence-corrected chi connectivity index (χ2v) is 6.51. The minimum absolute atomic E-state index is 0.700. The predicted molar refractivity (Wildman–Crippen MR) is 100 cm³/mol. The number of hydrogen-bond acceptors (Lipinski definition) is 2. The van der Waals surface area contributed by atoms with Gasteiger partial charge in [0.15, 0.2) is 5.82 Å². The molecule has 2 aromatic carbocycles. The second-order valence-electron chi connectivity index (χ2n) is 6.08. The van der Waals surface area contributed by atoms with Gasteiger partial charge in [0.25, 0.3) is 0 Å². The molecule has 3 heteroatoms. The Kier molecular flexibility index (Phi) is 5.27. The van der Waals surface area contributed by atoms with Gasteiger partial charge < -0.3 is 0 Å². The first kappa shape index (κ1) is 16.7. The Bertz CT molecular complexity index is 825. The third-order valence-electron chi connectivity index (χ3n) is 3.94. The minimum Gasteiger partial charge on any atom is -0.233 e. The highest BCUT2D eigenvalue weighted by Gasteiger charge is 2.07. The largest absolute Gasteiger partial charge is 0.233 e. The maximum atomic E-state index is 6.09. The summed E-state index contributed by atoms with van der Waals surface area (Å²) in [4.78, 5) is 9.28. The fourth-order valence-electron chi connectivity index (χ4n) is 2.80. The van der Waals surface area contributed by atoms with Crippen LogP contribution in [0.4, 0.5) is 0 Å². The predicted octanol–water partition coefficient (Wildman–Crippen LogP) is 5.65. The molecule has 0 aliphatic heterocycles. The van der Waals surface area contributed by atoms with Crippen LogP contribution in [0.2, 0.25) is 5.02 Å². The lowest BCUT2D eigenvalue weighted by atomic mass is 10.0. The molecule has 122 valence electrons. The van der Waals surface area contributed by atoms with Crippen molar-refractivity contribution in [1.82, 2.24) is 9.97 Å². The number of halogens is 1.